The van der Waals surface area contributed by atoms with Crippen molar-refractivity contribution in [2.45, 2.75) is 19.2 Å². The fourth-order valence-corrected chi connectivity index (χ4v) is 9.92. The molecule has 272 valence electrons. The van der Waals surface area contributed by atoms with Crippen LogP contribution in [-0.4, -0.2) is 0 Å². The molecule has 0 fully saturated rings. The highest BCUT2D eigenvalue weighted by Crippen LogP contribution is 2.51. The van der Waals surface area contributed by atoms with Crippen molar-refractivity contribution in [1.82, 2.24) is 0 Å². The van der Waals surface area contributed by atoms with Gasteiger partial charge in [-0.3, -0.25) is 0 Å². The predicted octanol–water partition coefficient (Wildman–Crippen LogP) is 16.1. The van der Waals surface area contributed by atoms with Gasteiger partial charge in [0.05, 0.1) is 0 Å². The first-order valence-corrected chi connectivity index (χ1v) is 20.0. The third-order valence-electron chi connectivity index (χ3n) is 12.6. The molecule has 0 spiro atoms. The van der Waals surface area contributed by atoms with Crippen molar-refractivity contribution in [3.05, 3.63) is 205 Å². The topological polar surface area (TPSA) is 9.23 Å². The van der Waals surface area contributed by atoms with Gasteiger partial charge in [0.2, 0.25) is 0 Å². The third-order valence-corrected chi connectivity index (χ3v) is 12.6. The second-order valence-corrected chi connectivity index (χ2v) is 15.8. The van der Waals surface area contributed by atoms with Crippen LogP contribution in [0.1, 0.15) is 29.0 Å². The van der Waals surface area contributed by atoms with Gasteiger partial charge >= 0.3 is 0 Å². The molecule has 1 nitrogen and oxygen atoms in total. The molecule has 0 saturated carbocycles. The third kappa shape index (κ3) is 4.71. The Morgan fingerprint density at radius 1 is 0.345 bits per heavy atom. The van der Waals surface area contributed by atoms with Gasteiger partial charge in [-0.05, 0) is 116 Å². The van der Waals surface area contributed by atoms with Crippen molar-refractivity contribution >= 4 is 86.2 Å². The SMILES string of the molecule is [2H]C([2H])([2H])C1(C)c2ccccc2Oc2c(-c3ccc4c5ccccc5c5cc6c7ccccc7c7ccccc7c7ccccc7c6cc5c5ccccc5c4c3)cccc21. The zero-order valence-electron chi connectivity index (χ0n) is 34.9. The lowest BCUT2D eigenvalue weighted by atomic mass is 9.75. The smallest absolute Gasteiger partial charge is 0.139 e. The molecule has 0 aliphatic carbocycles. The van der Waals surface area contributed by atoms with Crippen molar-refractivity contribution < 1.29 is 8.85 Å². The van der Waals surface area contributed by atoms with Gasteiger partial charge < -0.3 is 4.74 Å². The van der Waals surface area contributed by atoms with E-state index in [1.165, 1.54) is 59.2 Å². The summed E-state index contributed by atoms with van der Waals surface area (Å²) in [7, 11) is 0. The van der Waals surface area contributed by atoms with Crippen LogP contribution in [0.25, 0.3) is 97.3 Å². The zero-order valence-corrected chi connectivity index (χ0v) is 31.9. The second kappa shape index (κ2) is 12.4. The normalized spacial score (nSPS) is 15.9. The molecule has 58 heavy (non-hydrogen) atoms. The molecule has 11 aromatic carbocycles. The van der Waals surface area contributed by atoms with Crippen molar-refractivity contribution in [3.63, 3.8) is 0 Å². The van der Waals surface area contributed by atoms with Crippen molar-refractivity contribution in [3.8, 4) is 22.6 Å². The summed E-state index contributed by atoms with van der Waals surface area (Å²) in [5.74, 6) is 1.16. The van der Waals surface area contributed by atoms with Crippen LogP contribution < -0.4 is 4.74 Å². The molecule has 12 rings (SSSR count). The molecule has 0 bridgehead atoms. The van der Waals surface area contributed by atoms with E-state index < -0.39 is 12.3 Å². The van der Waals surface area contributed by atoms with Gasteiger partial charge in [-0.25, -0.2) is 0 Å². The van der Waals surface area contributed by atoms with Crippen LogP contribution in [0.4, 0.5) is 0 Å². The molecule has 0 N–H and O–H groups in total. The minimum Gasteiger partial charge on any atom is -0.456 e. The maximum Gasteiger partial charge on any atom is 0.139 e. The first-order chi connectivity index (χ1) is 29.8. The number of hydrogen-bond donors (Lipinski definition) is 0. The molecule has 0 radical (unpaired) electrons. The quantitative estimate of drug-likeness (QED) is 0.163. The van der Waals surface area contributed by atoms with Gasteiger partial charge in [-0.15, -0.1) is 0 Å². The van der Waals surface area contributed by atoms with Gasteiger partial charge in [0.15, 0.2) is 0 Å². The highest BCUT2D eigenvalue weighted by molar-refractivity contribution is 6.32. The Balaban J connectivity index is 1.24. The fourth-order valence-electron chi connectivity index (χ4n) is 9.92. The van der Waals surface area contributed by atoms with E-state index in [0.29, 0.717) is 22.6 Å². The second-order valence-electron chi connectivity index (χ2n) is 15.8. The summed E-state index contributed by atoms with van der Waals surface area (Å²) < 4.78 is 33.1. The van der Waals surface area contributed by atoms with Crippen LogP contribution in [0.5, 0.6) is 11.5 Å². The summed E-state index contributed by atoms with van der Waals surface area (Å²) in [6.45, 7) is -0.487. The molecule has 1 unspecified atom stereocenters. The minimum absolute atomic E-state index is 0.575. The first kappa shape index (κ1) is 30.0. The van der Waals surface area contributed by atoms with E-state index in [4.69, 9.17) is 8.85 Å². The summed E-state index contributed by atoms with van der Waals surface area (Å²) in [4.78, 5) is 0. The van der Waals surface area contributed by atoms with Gasteiger partial charge in [-0.2, -0.15) is 0 Å². The van der Waals surface area contributed by atoms with Crippen LogP contribution in [0.3, 0.4) is 0 Å². The lowest BCUT2D eigenvalue weighted by Gasteiger charge is -2.35. The number of para-hydroxylation sites is 2. The van der Waals surface area contributed by atoms with Gasteiger partial charge in [0.25, 0.3) is 0 Å². The maximum absolute atomic E-state index is 8.81. The highest BCUT2D eigenvalue weighted by Gasteiger charge is 2.35. The van der Waals surface area contributed by atoms with Gasteiger partial charge in [0.1, 0.15) is 11.5 Å². The van der Waals surface area contributed by atoms with E-state index >= 15 is 0 Å². The van der Waals surface area contributed by atoms with E-state index in [0.717, 1.165) is 38.1 Å². The monoisotopic (exact) mass is 741 g/mol. The lowest BCUT2D eigenvalue weighted by molar-refractivity contribution is 0.419. The molecule has 1 aliphatic rings. The van der Waals surface area contributed by atoms with Crippen LogP contribution in [0.2, 0.25) is 0 Å². The maximum atomic E-state index is 8.81. The van der Waals surface area contributed by atoms with Crippen molar-refractivity contribution in [2.24, 2.45) is 0 Å². The van der Waals surface area contributed by atoms with Crippen LogP contribution in [0.15, 0.2) is 194 Å². The summed E-state index contributed by atoms with van der Waals surface area (Å²) in [5.41, 5.74) is 1.89. The Kier molecular flexibility index (Phi) is 6.41. The first-order valence-electron chi connectivity index (χ1n) is 21.5. The molecule has 1 atom stereocenters. The summed E-state index contributed by atoms with van der Waals surface area (Å²) >= 11 is 0. The largest absolute Gasteiger partial charge is 0.456 e. The van der Waals surface area contributed by atoms with Crippen LogP contribution >= 0.6 is 0 Å². The van der Waals surface area contributed by atoms with Gasteiger partial charge in [0, 0.05) is 26.2 Å². The van der Waals surface area contributed by atoms with E-state index in [-0.39, 0.29) is 0 Å². The molecular formula is C57H38O. The number of hydrogen-bond acceptors (Lipinski definition) is 1. The molecule has 0 amide bonds. The standard InChI is InChI=1S/C57H38O/c1-57(2)53-27-13-14-29-55(53)58-56-36(26-15-28-54(56)57)35-30-31-47-41-20-7-10-23-44(41)51-33-49-42-21-8-5-18-39(42)37-16-3-4-17-38(37)40-19-6-9-22-43(40)50(49)34-52(51)46-25-12-11-24-45(46)48(47)32-35/h3-34H,1-2H3/i1D3. The van der Waals surface area contributed by atoms with E-state index in [2.05, 4.69) is 158 Å². The Bertz CT molecular complexity index is 3750. The van der Waals surface area contributed by atoms with Crippen LogP contribution in [-0.2, 0) is 5.41 Å². The number of fused-ring (bicyclic) bond motifs is 18. The fraction of sp³-hybridized carbons (Fsp3) is 0.0526. The Hall–Kier alpha value is -7.22. The lowest BCUT2D eigenvalue weighted by Crippen LogP contribution is -2.24. The molecule has 0 saturated heterocycles. The van der Waals surface area contributed by atoms with E-state index in [9.17, 15) is 0 Å². The molecule has 1 heterocycles. The van der Waals surface area contributed by atoms with Crippen molar-refractivity contribution in [1.29, 1.82) is 0 Å². The Morgan fingerprint density at radius 3 is 1.16 bits per heavy atom. The van der Waals surface area contributed by atoms with E-state index in [1.54, 1.807) is 0 Å². The molecule has 1 aliphatic heterocycles. The average Bonchev–Trinajstić information content (AvgIpc) is 3.30. The Morgan fingerprint density at radius 2 is 0.707 bits per heavy atom. The Labute approximate surface area is 340 Å². The highest BCUT2D eigenvalue weighted by atomic mass is 16.5. The molecule has 0 aromatic heterocycles. The summed E-state index contributed by atoms with van der Waals surface area (Å²) in [6, 6.07) is 69.1. The van der Waals surface area contributed by atoms with Crippen LogP contribution in [0, 0.1) is 0 Å². The average molecular weight is 742 g/mol. The number of ether oxygens (including phenoxy) is 1. The summed E-state index contributed by atoms with van der Waals surface area (Å²) in [6.07, 6.45) is 0. The zero-order chi connectivity index (χ0) is 41.0. The molecule has 11 aromatic rings. The predicted molar refractivity (Wildman–Crippen MR) is 248 cm³/mol. The number of rotatable bonds is 1. The minimum atomic E-state index is -2.31. The van der Waals surface area contributed by atoms with Gasteiger partial charge in [-0.1, -0.05) is 184 Å². The molecular weight excluding hydrogens is 701 g/mol. The summed E-state index contributed by atoms with van der Waals surface area (Å²) in [5, 5.41) is 18.9. The van der Waals surface area contributed by atoms with E-state index in [1.807, 2.05) is 43.3 Å². The molecule has 1 heteroatoms. The van der Waals surface area contributed by atoms with Crippen molar-refractivity contribution in [2.75, 3.05) is 0 Å². The number of benzene rings is 9.